The lowest BCUT2D eigenvalue weighted by atomic mass is 9.89. The minimum absolute atomic E-state index is 0.121. The van der Waals surface area contributed by atoms with Gasteiger partial charge in [0.15, 0.2) is 5.78 Å². The van der Waals surface area contributed by atoms with Gasteiger partial charge in [-0.25, -0.2) is 0 Å². The largest absolute Gasteiger partial charge is 0.497 e. The number of methoxy groups -OCH3 is 1. The molecule has 1 atom stereocenters. The van der Waals surface area contributed by atoms with Crippen LogP contribution >= 0.6 is 15.9 Å². The van der Waals surface area contributed by atoms with E-state index in [0.717, 1.165) is 16.5 Å². The Kier molecular flexibility index (Phi) is 7.59. The molecule has 4 N–H and O–H groups in total. The van der Waals surface area contributed by atoms with Gasteiger partial charge in [-0.2, -0.15) is 0 Å². The molecule has 0 saturated carbocycles. The third-order valence-corrected chi connectivity index (χ3v) is 7.06. The number of nitrogens with two attached hydrogens (primary N) is 1. The second-order valence-corrected chi connectivity index (χ2v) is 9.51. The predicted octanol–water partition coefficient (Wildman–Crippen LogP) is 5.46. The number of ether oxygens (including phenoxy) is 1. The fourth-order valence-electron chi connectivity index (χ4n) is 4.31. The molecule has 7 nitrogen and oxygen atoms in total. The molecule has 0 bridgehead atoms. The number of carbonyl (C=O) groups is 3. The number of hydrogen-bond acceptors (Lipinski definition) is 5. The first-order valence-electron chi connectivity index (χ1n) is 11.4. The molecule has 0 unspecified atom stereocenters. The van der Waals surface area contributed by atoms with Gasteiger partial charge >= 0.3 is 11.9 Å². The van der Waals surface area contributed by atoms with Gasteiger partial charge in [0.25, 0.3) is 0 Å². The molecule has 0 radical (unpaired) electrons. The van der Waals surface area contributed by atoms with Gasteiger partial charge in [0, 0.05) is 21.3 Å². The summed E-state index contributed by atoms with van der Waals surface area (Å²) in [6, 6.07) is 20.8. The van der Waals surface area contributed by atoms with Crippen molar-refractivity contribution in [2.24, 2.45) is 0 Å². The molecule has 0 aliphatic heterocycles. The molecular weight excluding hydrogens is 538 g/mol. The number of rotatable bonds is 9. The third-order valence-electron chi connectivity index (χ3n) is 6.29. The van der Waals surface area contributed by atoms with Gasteiger partial charge < -0.3 is 20.7 Å². The monoisotopic (exact) mass is 561 g/mol. The van der Waals surface area contributed by atoms with Crippen LogP contribution < -0.4 is 10.5 Å². The number of nitrogen functional groups attached to an aromatic ring is 1. The van der Waals surface area contributed by atoms with Crippen LogP contribution in [-0.4, -0.2) is 35.0 Å². The summed E-state index contributed by atoms with van der Waals surface area (Å²) >= 11 is 3.49. The maximum absolute atomic E-state index is 13.3. The van der Waals surface area contributed by atoms with E-state index >= 15 is 0 Å². The third kappa shape index (κ3) is 5.65. The Bertz CT molecular complexity index is 1530. The van der Waals surface area contributed by atoms with Crippen molar-refractivity contribution < 1.29 is 29.3 Å². The Hall–Kier alpha value is -4.17. The van der Waals surface area contributed by atoms with Crippen LogP contribution in [0.4, 0.5) is 5.69 Å². The molecule has 4 aromatic carbocycles. The molecule has 0 amide bonds. The number of carboxylic acids is 2. The van der Waals surface area contributed by atoms with E-state index in [1.807, 2.05) is 30.3 Å². The highest BCUT2D eigenvalue weighted by atomic mass is 79.9. The SMILES string of the molecule is COc1ccc2cc([C@H](Cc3cc(C(=O)c4cccc(CC(=O)O)c4N)ccc3Br)C(=O)O)ccc2c1. The van der Waals surface area contributed by atoms with E-state index in [-0.39, 0.29) is 29.9 Å². The Labute approximate surface area is 221 Å². The summed E-state index contributed by atoms with van der Waals surface area (Å²) < 4.78 is 5.94. The van der Waals surface area contributed by atoms with Crippen molar-refractivity contribution in [2.45, 2.75) is 18.8 Å². The molecule has 0 aliphatic rings. The summed E-state index contributed by atoms with van der Waals surface area (Å²) in [5, 5.41) is 21.0. The minimum Gasteiger partial charge on any atom is -0.497 e. The van der Waals surface area contributed by atoms with Gasteiger partial charge in [-0.15, -0.1) is 0 Å². The topological polar surface area (TPSA) is 127 Å². The molecule has 4 rings (SSSR count). The van der Waals surface area contributed by atoms with Crippen LogP contribution in [0.1, 0.15) is 38.5 Å². The van der Waals surface area contributed by atoms with Crippen molar-refractivity contribution in [3.63, 3.8) is 0 Å². The number of hydrogen-bond donors (Lipinski definition) is 3. The standard InChI is InChI=1S/C29H24BrNO6/c1-37-22-9-7-16-11-18(6-5-17(16)13-22)24(29(35)36)14-21-12-20(8-10-25(21)30)28(34)23-4-2-3-19(27(23)31)15-26(32)33/h2-13,24H,14-15,31H2,1H3,(H,32,33)(H,35,36)/t24-/m0/s1. The van der Waals surface area contributed by atoms with Gasteiger partial charge in [-0.05, 0) is 70.3 Å². The molecule has 0 fully saturated rings. The van der Waals surface area contributed by atoms with Crippen LogP contribution in [0.3, 0.4) is 0 Å². The van der Waals surface area contributed by atoms with Crippen molar-refractivity contribution >= 4 is 50.1 Å². The van der Waals surface area contributed by atoms with Crippen molar-refractivity contribution in [2.75, 3.05) is 12.8 Å². The van der Waals surface area contributed by atoms with Gasteiger partial charge in [0.1, 0.15) is 5.75 Å². The predicted molar refractivity (Wildman–Crippen MR) is 144 cm³/mol. The molecule has 37 heavy (non-hydrogen) atoms. The fraction of sp³-hybridized carbons (Fsp3) is 0.138. The number of halogens is 1. The lowest BCUT2D eigenvalue weighted by Gasteiger charge is -2.16. The number of aliphatic carboxylic acids is 2. The summed E-state index contributed by atoms with van der Waals surface area (Å²) in [5.74, 6) is -2.53. The fourth-order valence-corrected chi connectivity index (χ4v) is 4.72. The highest BCUT2D eigenvalue weighted by molar-refractivity contribution is 9.10. The normalized spacial score (nSPS) is 11.7. The summed E-state index contributed by atoms with van der Waals surface area (Å²) in [7, 11) is 1.59. The van der Waals surface area contributed by atoms with Crippen LogP contribution in [0, 0.1) is 0 Å². The number of ketones is 1. The summed E-state index contributed by atoms with van der Waals surface area (Å²) in [6.07, 6.45) is -0.148. The molecule has 0 aliphatic carbocycles. The number of para-hydroxylation sites is 1. The molecule has 8 heteroatoms. The second-order valence-electron chi connectivity index (χ2n) is 8.65. The van der Waals surface area contributed by atoms with Gasteiger partial charge in [0.2, 0.25) is 0 Å². The smallest absolute Gasteiger partial charge is 0.311 e. The quantitative estimate of drug-likeness (QED) is 0.183. The second kappa shape index (κ2) is 10.8. The number of fused-ring (bicyclic) bond motifs is 1. The van der Waals surface area contributed by atoms with Crippen molar-refractivity contribution in [1.82, 2.24) is 0 Å². The average Bonchev–Trinajstić information content (AvgIpc) is 2.88. The van der Waals surface area contributed by atoms with E-state index < -0.39 is 17.9 Å². The average molecular weight is 562 g/mol. The maximum Gasteiger partial charge on any atom is 0.311 e. The van der Waals surface area contributed by atoms with Crippen LogP contribution in [0.25, 0.3) is 10.8 Å². The van der Waals surface area contributed by atoms with Gasteiger partial charge in [-0.1, -0.05) is 52.3 Å². The molecule has 0 spiro atoms. The van der Waals surface area contributed by atoms with Crippen molar-refractivity contribution in [1.29, 1.82) is 0 Å². The number of carbonyl (C=O) groups excluding carboxylic acids is 1. The molecule has 188 valence electrons. The number of carboxylic acid groups (broad SMARTS) is 2. The molecular formula is C29H24BrNO6. The van der Waals surface area contributed by atoms with Crippen LogP contribution in [0.15, 0.2) is 77.3 Å². The minimum atomic E-state index is -1.05. The van der Waals surface area contributed by atoms with Crippen molar-refractivity contribution in [3.8, 4) is 5.75 Å². The van der Waals surface area contributed by atoms with Crippen molar-refractivity contribution in [3.05, 3.63) is 105 Å². The van der Waals surface area contributed by atoms with E-state index in [4.69, 9.17) is 15.6 Å². The van der Waals surface area contributed by atoms with Crippen LogP contribution in [0.2, 0.25) is 0 Å². The van der Waals surface area contributed by atoms with Crippen LogP contribution in [-0.2, 0) is 22.4 Å². The first-order chi connectivity index (χ1) is 17.7. The zero-order chi connectivity index (χ0) is 26.7. The van der Waals surface area contributed by atoms with E-state index in [1.165, 1.54) is 0 Å². The molecule has 4 aromatic rings. The highest BCUT2D eigenvalue weighted by Crippen LogP contribution is 2.31. The Balaban J connectivity index is 1.67. The maximum atomic E-state index is 13.3. The Morgan fingerprint density at radius 1 is 0.919 bits per heavy atom. The first kappa shape index (κ1) is 25.9. The zero-order valence-corrected chi connectivity index (χ0v) is 21.5. The zero-order valence-electron chi connectivity index (χ0n) is 19.9. The summed E-state index contributed by atoms with van der Waals surface area (Å²) in [4.78, 5) is 36.7. The van der Waals surface area contributed by atoms with E-state index in [2.05, 4.69) is 15.9 Å². The highest BCUT2D eigenvalue weighted by Gasteiger charge is 2.23. The van der Waals surface area contributed by atoms with E-state index in [9.17, 15) is 19.5 Å². The summed E-state index contributed by atoms with van der Waals surface area (Å²) in [6.45, 7) is 0. The van der Waals surface area contributed by atoms with E-state index in [1.54, 1.807) is 49.6 Å². The van der Waals surface area contributed by atoms with Crippen LogP contribution in [0.5, 0.6) is 5.75 Å². The number of anilines is 1. The lowest BCUT2D eigenvalue weighted by Crippen LogP contribution is -2.15. The van der Waals surface area contributed by atoms with Gasteiger partial charge in [0.05, 0.1) is 19.4 Å². The number of benzene rings is 4. The van der Waals surface area contributed by atoms with E-state index in [0.29, 0.717) is 26.7 Å². The Morgan fingerprint density at radius 2 is 1.65 bits per heavy atom. The Morgan fingerprint density at radius 3 is 2.35 bits per heavy atom. The first-order valence-corrected chi connectivity index (χ1v) is 12.2. The lowest BCUT2D eigenvalue weighted by molar-refractivity contribution is -0.139. The van der Waals surface area contributed by atoms with Gasteiger partial charge in [-0.3, -0.25) is 14.4 Å². The molecule has 0 saturated heterocycles. The summed E-state index contributed by atoms with van der Waals surface area (Å²) in [5.41, 5.74) is 8.41. The molecule has 0 heterocycles. The molecule has 0 aromatic heterocycles.